The third kappa shape index (κ3) is 3.64. The molecule has 2 rings (SSSR count). The molecule has 0 aliphatic rings. The van der Waals surface area contributed by atoms with Gasteiger partial charge in [-0.1, -0.05) is 6.07 Å². The molecular weight excluding hydrogens is 268 g/mol. The van der Waals surface area contributed by atoms with Gasteiger partial charge < -0.3 is 15.8 Å². The van der Waals surface area contributed by atoms with Gasteiger partial charge in [0.25, 0.3) is 5.91 Å². The Morgan fingerprint density at radius 3 is 2.75 bits per heavy atom. The van der Waals surface area contributed by atoms with Gasteiger partial charge in [-0.15, -0.1) is 0 Å². The summed E-state index contributed by atoms with van der Waals surface area (Å²) in [6.07, 6.45) is 1.40. The highest BCUT2D eigenvalue weighted by Crippen LogP contribution is 2.17. The van der Waals surface area contributed by atoms with Crippen molar-refractivity contribution in [3.8, 4) is 5.75 Å². The number of nitrogen functional groups attached to an aromatic ring is 1. The van der Waals surface area contributed by atoms with E-state index in [0.717, 1.165) is 0 Å². The number of nitrogens with two attached hydrogens (primary N) is 1. The summed E-state index contributed by atoms with van der Waals surface area (Å²) in [5, 5.41) is 2.57. The zero-order valence-corrected chi connectivity index (χ0v) is 10.2. The predicted molar refractivity (Wildman–Crippen MR) is 69.7 cm³/mol. The second kappa shape index (κ2) is 5.96. The maximum absolute atomic E-state index is 12.1. The zero-order chi connectivity index (χ0) is 14.5. The summed E-state index contributed by atoms with van der Waals surface area (Å²) < 4.78 is 28.4. The molecule has 0 aliphatic heterocycles. The summed E-state index contributed by atoms with van der Waals surface area (Å²) in [6, 6.07) is 8.62. The Labute approximate surface area is 113 Å². The number of nitrogens with one attached hydrogen (secondary N) is 1. The lowest BCUT2D eigenvalue weighted by molar-refractivity contribution is -0.0498. The molecule has 104 valence electrons. The fourth-order valence-corrected chi connectivity index (χ4v) is 1.50. The van der Waals surface area contributed by atoms with E-state index in [1.165, 1.54) is 36.5 Å². The zero-order valence-electron chi connectivity index (χ0n) is 10.2. The fraction of sp³-hybridized carbons (Fsp3) is 0.0769. The van der Waals surface area contributed by atoms with E-state index >= 15 is 0 Å². The molecule has 0 unspecified atom stereocenters. The number of halogens is 2. The first-order chi connectivity index (χ1) is 9.54. The summed E-state index contributed by atoms with van der Waals surface area (Å²) in [5.41, 5.74) is 6.07. The molecule has 0 spiro atoms. The van der Waals surface area contributed by atoms with Crippen LogP contribution in [0, 0.1) is 0 Å². The first-order valence-corrected chi connectivity index (χ1v) is 5.62. The van der Waals surface area contributed by atoms with Gasteiger partial charge in [-0.3, -0.25) is 4.79 Å². The predicted octanol–water partition coefficient (Wildman–Crippen LogP) is 2.52. The molecule has 0 saturated heterocycles. The first-order valence-electron chi connectivity index (χ1n) is 5.62. The molecular formula is C13H11F2N3O2. The Balaban J connectivity index is 2.10. The van der Waals surface area contributed by atoms with E-state index in [2.05, 4.69) is 15.0 Å². The third-order valence-electron chi connectivity index (χ3n) is 2.37. The molecule has 5 nitrogen and oxygen atoms in total. The van der Waals surface area contributed by atoms with Crippen LogP contribution in [0.5, 0.6) is 5.75 Å². The monoisotopic (exact) mass is 279 g/mol. The van der Waals surface area contributed by atoms with E-state index in [0.29, 0.717) is 11.5 Å². The van der Waals surface area contributed by atoms with E-state index in [1.807, 2.05) is 0 Å². The van der Waals surface area contributed by atoms with Gasteiger partial charge in [0.2, 0.25) is 0 Å². The van der Waals surface area contributed by atoms with Crippen LogP contribution in [0.25, 0.3) is 0 Å². The van der Waals surface area contributed by atoms with Gasteiger partial charge in [0.15, 0.2) is 0 Å². The van der Waals surface area contributed by atoms with E-state index in [4.69, 9.17) is 5.73 Å². The second-order valence-electron chi connectivity index (χ2n) is 3.83. The number of ether oxygens (including phenoxy) is 1. The average molecular weight is 279 g/mol. The van der Waals surface area contributed by atoms with E-state index in [-0.39, 0.29) is 11.3 Å². The number of hydrogen-bond acceptors (Lipinski definition) is 4. The number of nitrogens with zero attached hydrogens (tertiary/aromatic N) is 1. The van der Waals surface area contributed by atoms with Crippen molar-refractivity contribution in [1.82, 2.24) is 4.98 Å². The van der Waals surface area contributed by atoms with Gasteiger partial charge in [0, 0.05) is 5.56 Å². The van der Waals surface area contributed by atoms with E-state index in [9.17, 15) is 13.6 Å². The number of amides is 1. The van der Waals surface area contributed by atoms with Crippen molar-refractivity contribution < 1.29 is 18.3 Å². The molecule has 3 N–H and O–H groups in total. The summed E-state index contributed by atoms with van der Waals surface area (Å²) in [4.78, 5) is 15.7. The Morgan fingerprint density at radius 2 is 2.10 bits per heavy atom. The van der Waals surface area contributed by atoms with Crippen LogP contribution in [0.2, 0.25) is 0 Å². The number of hydrogen-bond donors (Lipinski definition) is 2. The summed E-state index contributed by atoms with van der Waals surface area (Å²) >= 11 is 0. The number of carbonyl (C=O) groups is 1. The Hall–Kier alpha value is -2.70. The average Bonchev–Trinajstić information content (AvgIpc) is 2.41. The largest absolute Gasteiger partial charge is 0.435 e. The molecule has 1 aromatic heterocycles. The van der Waals surface area contributed by atoms with E-state index < -0.39 is 12.5 Å². The van der Waals surface area contributed by atoms with E-state index in [1.54, 1.807) is 6.07 Å². The van der Waals surface area contributed by atoms with Crippen LogP contribution in [0.15, 0.2) is 42.6 Å². The van der Waals surface area contributed by atoms with Crippen LogP contribution < -0.4 is 15.8 Å². The van der Waals surface area contributed by atoms with Gasteiger partial charge in [0.1, 0.15) is 11.6 Å². The maximum atomic E-state index is 12.1. The van der Waals surface area contributed by atoms with Crippen molar-refractivity contribution >= 4 is 17.4 Å². The number of anilines is 2. The highest BCUT2D eigenvalue weighted by molar-refractivity contribution is 6.04. The molecule has 1 heterocycles. The van der Waals surface area contributed by atoms with Gasteiger partial charge in [-0.25, -0.2) is 4.98 Å². The van der Waals surface area contributed by atoms with Gasteiger partial charge in [-0.05, 0) is 30.3 Å². The molecule has 0 radical (unpaired) electrons. The van der Waals surface area contributed by atoms with Gasteiger partial charge in [0.05, 0.1) is 11.9 Å². The van der Waals surface area contributed by atoms with Crippen molar-refractivity contribution in [2.45, 2.75) is 6.61 Å². The van der Waals surface area contributed by atoms with Crippen molar-refractivity contribution in [3.63, 3.8) is 0 Å². The number of benzene rings is 1. The topological polar surface area (TPSA) is 77.2 Å². The van der Waals surface area contributed by atoms with Crippen LogP contribution in [-0.4, -0.2) is 17.5 Å². The highest BCUT2D eigenvalue weighted by atomic mass is 19.3. The lowest BCUT2D eigenvalue weighted by Crippen LogP contribution is -2.12. The molecule has 7 heteroatoms. The number of pyridine rings is 1. The van der Waals surface area contributed by atoms with Crippen LogP contribution in [-0.2, 0) is 0 Å². The Kier molecular flexibility index (Phi) is 4.09. The third-order valence-corrected chi connectivity index (χ3v) is 2.37. The molecule has 2 aromatic rings. The lowest BCUT2D eigenvalue weighted by Gasteiger charge is -2.08. The van der Waals surface area contributed by atoms with Gasteiger partial charge in [-0.2, -0.15) is 8.78 Å². The minimum atomic E-state index is -2.94. The van der Waals surface area contributed by atoms with Gasteiger partial charge >= 0.3 is 6.61 Å². The smallest absolute Gasteiger partial charge is 0.387 e. The first kappa shape index (κ1) is 13.7. The minimum absolute atomic E-state index is 0.0805. The minimum Gasteiger partial charge on any atom is -0.435 e. The molecule has 20 heavy (non-hydrogen) atoms. The molecule has 0 saturated carbocycles. The lowest BCUT2D eigenvalue weighted by atomic mass is 10.2. The number of aromatic nitrogens is 1. The summed E-state index contributed by atoms with van der Waals surface area (Å²) in [6.45, 7) is -2.94. The Bertz CT molecular complexity index is 603. The standard InChI is InChI=1S/C13H11F2N3O2/c14-13(15)20-10-3-1-2-8(6-10)12(19)18-9-4-5-11(16)17-7-9/h1-7,13H,(H2,16,17)(H,18,19). The SMILES string of the molecule is Nc1ccc(NC(=O)c2cccc(OC(F)F)c2)cn1. The van der Waals surface area contributed by atoms with Crippen LogP contribution in [0.4, 0.5) is 20.3 Å². The van der Waals surface area contributed by atoms with Crippen molar-refractivity contribution in [2.75, 3.05) is 11.1 Å². The maximum Gasteiger partial charge on any atom is 0.387 e. The number of rotatable bonds is 4. The van der Waals surface area contributed by atoms with Crippen LogP contribution in [0.1, 0.15) is 10.4 Å². The number of alkyl halides is 2. The van der Waals surface area contributed by atoms with Crippen molar-refractivity contribution in [1.29, 1.82) is 0 Å². The summed E-state index contributed by atoms with van der Waals surface area (Å²) in [5.74, 6) is -0.213. The molecule has 1 aromatic carbocycles. The normalized spacial score (nSPS) is 10.3. The Morgan fingerprint density at radius 1 is 1.30 bits per heavy atom. The highest BCUT2D eigenvalue weighted by Gasteiger charge is 2.09. The number of carbonyl (C=O) groups excluding carboxylic acids is 1. The van der Waals surface area contributed by atoms with Crippen LogP contribution >= 0.6 is 0 Å². The molecule has 1 amide bonds. The summed E-state index contributed by atoms with van der Waals surface area (Å²) in [7, 11) is 0. The fourth-order valence-electron chi connectivity index (χ4n) is 1.50. The molecule has 0 bridgehead atoms. The quantitative estimate of drug-likeness (QED) is 0.901. The van der Waals surface area contributed by atoms with Crippen LogP contribution in [0.3, 0.4) is 0 Å². The van der Waals surface area contributed by atoms with Crippen molar-refractivity contribution in [3.05, 3.63) is 48.2 Å². The molecule has 0 atom stereocenters. The molecule has 0 fully saturated rings. The second-order valence-corrected chi connectivity index (χ2v) is 3.83. The van der Waals surface area contributed by atoms with Crippen molar-refractivity contribution in [2.24, 2.45) is 0 Å². The molecule has 0 aliphatic carbocycles.